The summed E-state index contributed by atoms with van der Waals surface area (Å²) in [7, 11) is 1.54. The third-order valence-corrected chi connectivity index (χ3v) is 9.97. The van der Waals surface area contributed by atoms with Crippen LogP contribution in [0, 0.1) is 18.7 Å². The number of carbonyl (C=O) groups excluding carboxylic acids is 1. The lowest BCUT2D eigenvalue weighted by Crippen LogP contribution is -2.48. The van der Waals surface area contributed by atoms with Crippen LogP contribution in [0.4, 0.5) is 10.1 Å². The van der Waals surface area contributed by atoms with Gasteiger partial charge in [0.1, 0.15) is 5.82 Å². The first-order chi connectivity index (χ1) is 23.7. The van der Waals surface area contributed by atoms with Gasteiger partial charge in [0.2, 0.25) is 25.2 Å². The summed E-state index contributed by atoms with van der Waals surface area (Å²) < 4.78 is 42.7. The molecular formula is C38H45FN2O8. The lowest BCUT2D eigenvalue weighted by Gasteiger charge is -2.35. The highest BCUT2D eigenvalue weighted by molar-refractivity contribution is 5.95. The van der Waals surface area contributed by atoms with Crippen molar-refractivity contribution in [2.75, 3.05) is 38.7 Å². The lowest BCUT2D eigenvalue weighted by atomic mass is 9.83. The minimum Gasteiger partial charge on any atom is -0.493 e. The number of hydrogen-bond acceptors (Lipinski definition) is 8. The Labute approximate surface area is 286 Å². The van der Waals surface area contributed by atoms with Gasteiger partial charge in [-0.3, -0.25) is 14.5 Å². The molecule has 10 nitrogen and oxygen atoms in total. The number of aryl methyl sites for hydroxylation is 2. The van der Waals surface area contributed by atoms with Gasteiger partial charge < -0.3 is 33.7 Å². The number of aliphatic carboxylic acids is 1. The largest absolute Gasteiger partial charge is 0.493 e. The maximum Gasteiger partial charge on any atom is 0.308 e. The highest BCUT2D eigenvalue weighted by atomic mass is 19.1. The average molecular weight is 677 g/mol. The summed E-state index contributed by atoms with van der Waals surface area (Å²) in [5, 5.41) is 10.8. The molecule has 49 heavy (non-hydrogen) atoms. The zero-order valence-electron chi connectivity index (χ0n) is 28.6. The molecule has 3 aromatic carbocycles. The number of methoxy groups -OCH3 is 1. The summed E-state index contributed by atoms with van der Waals surface area (Å²) in [4.78, 5) is 31.6. The van der Waals surface area contributed by atoms with Crippen LogP contribution in [0.3, 0.4) is 0 Å². The third kappa shape index (κ3) is 6.99. The zero-order valence-corrected chi connectivity index (χ0v) is 28.6. The zero-order chi connectivity index (χ0) is 34.7. The van der Waals surface area contributed by atoms with Crippen LogP contribution in [0.25, 0.3) is 0 Å². The Kier molecular flexibility index (Phi) is 10.5. The number of carboxylic acid groups (broad SMARTS) is 1. The molecule has 0 spiro atoms. The smallest absolute Gasteiger partial charge is 0.308 e. The number of anilines is 1. The van der Waals surface area contributed by atoms with Gasteiger partial charge in [-0.2, -0.15) is 0 Å². The summed E-state index contributed by atoms with van der Waals surface area (Å²) in [6.45, 7) is 6.39. The monoisotopic (exact) mass is 676 g/mol. The van der Waals surface area contributed by atoms with Crippen molar-refractivity contribution in [2.24, 2.45) is 5.92 Å². The topological polar surface area (TPSA) is 107 Å². The van der Waals surface area contributed by atoms with E-state index in [4.69, 9.17) is 23.7 Å². The first kappa shape index (κ1) is 34.4. The molecule has 262 valence electrons. The molecule has 1 N–H and O–H groups in total. The molecule has 1 saturated heterocycles. The molecule has 3 aliphatic heterocycles. The first-order valence-electron chi connectivity index (χ1n) is 17.1. The molecule has 3 heterocycles. The van der Waals surface area contributed by atoms with Crippen LogP contribution < -0.4 is 28.6 Å². The van der Waals surface area contributed by atoms with Gasteiger partial charge in [-0.05, 0) is 85.7 Å². The second kappa shape index (κ2) is 14.9. The molecule has 1 amide bonds. The van der Waals surface area contributed by atoms with Crippen molar-refractivity contribution < 1.29 is 42.8 Å². The fraction of sp³-hybridized carbons (Fsp3) is 0.474. The summed E-state index contributed by atoms with van der Waals surface area (Å²) >= 11 is 0. The average Bonchev–Trinajstić information content (AvgIpc) is 3.84. The Hall–Kier alpha value is -4.51. The van der Waals surface area contributed by atoms with E-state index in [0.717, 1.165) is 36.8 Å². The van der Waals surface area contributed by atoms with E-state index >= 15 is 0 Å². The standard InChI is InChI=1S/C38H45FN2O8/c1-5-8-26(9-6-2)41(27-13-14-29(39)23(3)16-27)34(42)20-40-19-28(25-17-32(45-4)37-33(18-25)47-22-49-37)35(38(43)44)30(40)15-12-24-10-7-11-31-36(24)48-21-46-31/h7,10-11,13-14,16-18,26,28,30,35H,5-6,8-9,12,15,19-22H2,1-4H3,(H,43,44). The molecule has 0 bridgehead atoms. The number of nitrogens with zero attached hydrogens (tertiary/aromatic N) is 2. The number of halogens is 1. The molecule has 6 rings (SSSR count). The number of fused-ring (bicyclic) bond motifs is 2. The van der Waals surface area contributed by atoms with Crippen LogP contribution in [-0.2, 0) is 16.0 Å². The highest BCUT2D eigenvalue weighted by Crippen LogP contribution is 2.48. The molecule has 3 aromatic rings. The number of likely N-dealkylation sites (tertiary alicyclic amines) is 1. The molecule has 3 atom stereocenters. The highest BCUT2D eigenvalue weighted by Gasteiger charge is 2.48. The van der Waals surface area contributed by atoms with E-state index in [2.05, 4.69) is 13.8 Å². The number of ether oxygens (including phenoxy) is 5. The van der Waals surface area contributed by atoms with Crippen molar-refractivity contribution in [3.05, 3.63) is 71.0 Å². The molecule has 3 aliphatic rings. The van der Waals surface area contributed by atoms with Crippen molar-refractivity contribution in [1.82, 2.24) is 4.90 Å². The predicted molar refractivity (Wildman–Crippen MR) is 181 cm³/mol. The predicted octanol–water partition coefficient (Wildman–Crippen LogP) is 6.70. The quantitative estimate of drug-likeness (QED) is 0.200. The Balaban J connectivity index is 1.37. The number of carbonyl (C=O) groups is 2. The molecule has 0 saturated carbocycles. The Morgan fingerprint density at radius 1 is 1.00 bits per heavy atom. The van der Waals surface area contributed by atoms with Crippen LogP contribution in [0.2, 0.25) is 0 Å². The number of hydrogen-bond donors (Lipinski definition) is 1. The summed E-state index contributed by atoms with van der Waals surface area (Å²) in [5.74, 6) is 0.0752. The number of amides is 1. The van der Waals surface area contributed by atoms with Gasteiger partial charge in [-0.15, -0.1) is 0 Å². The van der Waals surface area contributed by atoms with Gasteiger partial charge in [-0.1, -0.05) is 38.8 Å². The van der Waals surface area contributed by atoms with Crippen LogP contribution >= 0.6 is 0 Å². The van der Waals surface area contributed by atoms with Crippen molar-refractivity contribution >= 4 is 17.6 Å². The molecule has 11 heteroatoms. The van der Waals surface area contributed by atoms with Crippen molar-refractivity contribution in [3.8, 4) is 28.7 Å². The molecular weight excluding hydrogens is 631 g/mol. The minimum absolute atomic E-state index is 0.000502. The van der Waals surface area contributed by atoms with Gasteiger partial charge in [0.25, 0.3) is 0 Å². The van der Waals surface area contributed by atoms with Gasteiger partial charge in [0.05, 0.1) is 19.6 Å². The van der Waals surface area contributed by atoms with Crippen LogP contribution in [0.1, 0.15) is 68.6 Å². The Bertz CT molecular complexity index is 1680. The normalized spacial score (nSPS) is 19.4. The van der Waals surface area contributed by atoms with E-state index in [0.29, 0.717) is 59.4 Å². The lowest BCUT2D eigenvalue weighted by molar-refractivity contribution is -0.143. The van der Waals surface area contributed by atoms with Crippen LogP contribution in [0.15, 0.2) is 48.5 Å². The molecule has 3 unspecified atom stereocenters. The number of benzene rings is 3. The third-order valence-electron chi connectivity index (χ3n) is 9.97. The SMILES string of the molecule is CCCC(CCC)N(C(=O)CN1CC(c2cc(OC)c3c(c2)OCO3)C(C(=O)O)C1CCc1cccc2c1OCO2)c1ccc(F)c(C)c1. The van der Waals surface area contributed by atoms with Crippen molar-refractivity contribution in [1.29, 1.82) is 0 Å². The van der Waals surface area contributed by atoms with Crippen LogP contribution in [0.5, 0.6) is 28.7 Å². The molecule has 0 aliphatic carbocycles. The second-order valence-corrected chi connectivity index (χ2v) is 13.0. The van der Waals surface area contributed by atoms with E-state index < -0.39 is 23.8 Å². The number of rotatable bonds is 14. The molecule has 0 radical (unpaired) electrons. The summed E-state index contributed by atoms with van der Waals surface area (Å²) in [5.41, 5.74) is 2.78. The Morgan fingerprint density at radius 3 is 2.43 bits per heavy atom. The number of carboxylic acids is 1. The van der Waals surface area contributed by atoms with E-state index in [1.807, 2.05) is 40.1 Å². The maximum absolute atomic E-state index is 14.6. The van der Waals surface area contributed by atoms with Gasteiger partial charge in [0, 0.05) is 30.2 Å². The van der Waals surface area contributed by atoms with Crippen LogP contribution in [-0.4, -0.2) is 67.8 Å². The van der Waals surface area contributed by atoms with Crippen molar-refractivity contribution in [3.63, 3.8) is 0 Å². The maximum atomic E-state index is 14.6. The van der Waals surface area contributed by atoms with E-state index in [-0.39, 0.29) is 37.9 Å². The van der Waals surface area contributed by atoms with E-state index in [1.165, 1.54) is 13.2 Å². The van der Waals surface area contributed by atoms with E-state index in [9.17, 15) is 19.1 Å². The summed E-state index contributed by atoms with van der Waals surface area (Å²) in [6.07, 6.45) is 4.33. The first-order valence-corrected chi connectivity index (χ1v) is 17.1. The molecule has 1 fully saturated rings. The van der Waals surface area contributed by atoms with Gasteiger partial charge >= 0.3 is 5.97 Å². The van der Waals surface area contributed by atoms with Gasteiger partial charge in [-0.25, -0.2) is 4.39 Å². The fourth-order valence-electron chi connectivity index (χ4n) is 7.70. The van der Waals surface area contributed by atoms with E-state index in [1.54, 1.807) is 19.1 Å². The number of para-hydroxylation sites is 1. The second-order valence-electron chi connectivity index (χ2n) is 13.0. The van der Waals surface area contributed by atoms with Crippen molar-refractivity contribution in [2.45, 2.75) is 77.3 Å². The fourth-order valence-corrected chi connectivity index (χ4v) is 7.70. The molecule has 0 aromatic heterocycles. The van der Waals surface area contributed by atoms with Gasteiger partial charge in [0.15, 0.2) is 23.0 Å². The Morgan fingerprint density at radius 2 is 1.73 bits per heavy atom. The summed E-state index contributed by atoms with van der Waals surface area (Å²) in [6, 6.07) is 13.6. The minimum atomic E-state index is -0.944.